The molecule has 5 rings (SSSR count). The SMILES string of the molecule is O=C1c2ccccc2C(Cc2ncccc2Br)N1Cc1ccc2[nH]c(=O)oc2c1. The van der Waals surface area contributed by atoms with Crippen LogP contribution in [0.5, 0.6) is 0 Å². The molecule has 144 valence electrons. The fourth-order valence-corrected chi connectivity index (χ4v) is 4.30. The lowest BCUT2D eigenvalue weighted by Crippen LogP contribution is -2.29. The van der Waals surface area contributed by atoms with Gasteiger partial charge in [0, 0.05) is 29.2 Å². The van der Waals surface area contributed by atoms with Crippen LogP contribution in [-0.4, -0.2) is 20.8 Å². The van der Waals surface area contributed by atoms with Gasteiger partial charge in [-0.15, -0.1) is 0 Å². The number of H-pyrrole nitrogens is 1. The Labute approximate surface area is 174 Å². The van der Waals surface area contributed by atoms with Gasteiger partial charge in [0.05, 0.1) is 17.3 Å². The van der Waals surface area contributed by atoms with Crippen LogP contribution >= 0.6 is 15.9 Å². The van der Waals surface area contributed by atoms with Gasteiger partial charge in [-0.2, -0.15) is 0 Å². The first-order valence-corrected chi connectivity index (χ1v) is 10.0. The third kappa shape index (κ3) is 3.17. The second-order valence-corrected chi connectivity index (χ2v) is 7.87. The van der Waals surface area contributed by atoms with E-state index in [1.165, 1.54) is 0 Å². The van der Waals surface area contributed by atoms with E-state index in [9.17, 15) is 9.59 Å². The highest BCUT2D eigenvalue weighted by Gasteiger charge is 2.36. The van der Waals surface area contributed by atoms with Crippen molar-refractivity contribution in [2.75, 3.05) is 0 Å². The molecule has 0 spiro atoms. The predicted octanol–water partition coefficient (Wildman–Crippen LogP) is 4.22. The molecule has 1 aliphatic rings. The Balaban J connectivity index is 1.53. The lowest BCUT2D eigenvalue weighted by atomic mass is 10.0. The number of hydrogen-bond acceptors (Lipinski definition) is 4. The first-order chi connectivity index (χ1) is 14.1. The van der Waals surface area contributed by atoms with Crippen molar-refractivity contribution in [3.05, 3.63) is 98.2 Å². The van der Waals surface area contributed by atoms with Crippen LogP contribution in [0.15, 0.2) is 74.5 Å². The third-order valence-electron chi connectivity index (χ3n) is 5.25. The molecule has 7 heteroatoms. The summed E-state index contributed by atoms with van der Waals surface area (Å²) in [6, 6.07) is 16.9. The molecule has 2 aromatic carbocycles. The van der Waals surface area contributed by atoms with Gasteiger partial charge in [-0.3, -0.25) is 14.8 Å². The highest BCUT2D eigenvalue weighted by atomic mass is 79.9. The maximum absolute atomic E-state index is 13.2. The summed E-state index contributed by atoms with van der Waals surface area (Å²) in [5.74, 6) is -0.493. The van der Waals surface area contributed by atoms with Gasteiger partial charge in [0.1, 0.15) is 0 Å². The van der Waals surface area contributed by atoms with Crippen LogP contribution in [0.3, 0.4) is 0 Å². The van der Waals surface area contributed by atoms with Crippen molar-refractivity contribution in [3.63, 3.8) is 0 Å². The van der Waals surface area contributed by atoms with Crippen molar-refractivity contribution in [1.29, 1.82) is 0 Å². The topological polar surface area (TPSA) is 79.2 Å². The molecule has 1 atom stereocenters. The van der Waals surface area contributed by atoms with Gasteiger partial charge in [-0.25, -0.2) is 4.79 Å². The first kappa shape index (κ1) is 17.9. The summed E-state index contributed by atoms with van der Waals surface area (Å²) in [4.78, 5) is 33.6. The Bertz CT molecular complexity index is 1290. The number of carbonyl (C=O) groups excluding carboxylic acids is 1. The van der Waals surface area contributed by atoms with E-state index in [0.29, 0.717) is 24.1 Å². The molecule has 0 aliphatic carbocycles. The number of oxazole rings is 1. The van der Waals surface area contributed by atoms with Crippen LogP contribution in [-0.2, 0) is 13.0 Å². The number of carbonyl (C=O) groups is 1. The molecule has 1 N–H and O–H groups in total. The van der Waals surface area contributed by atoms with Crippen molar-refractivity contribution < 1.29 is 9.21 Å². The van der Waals surface area contributed by atoms with Crippen molar-refractivity contribution in [1.82, 2.24) is 14.9 Å². The molecule has 0 bridgehead atoms. The zero-order valence-electron chi connectivity index (χ0n) is 15.3. The van der Waals surface area contributed by atoms with Crippen molar-refractivity contribution in [2.45, 2.75) is 19.0 Å². The van der Waals surface area contributed by atoms with Crippen LogP contribution in [0, 0.1) is 0 Å². The molecular formula is C22H16BrN3O3. The molecule has 0 radical (unpaired) electrons. The summed E-state index contributed by atoms with van der Waals surface area (Å²) in [7, 11) is 0. The van der Waals surface area contributed by atoms with E-state index in [2.05, 4.69) is 25.9 Å². The number of fused-ring (bicyclic) bond motifs is 2. The second-order valence-electron chi connectivity index (χ2n) is 7.02. The molecule has 1 unspecified atom stereocenters. The van der Waals surface area contributed by atoms with E-state index in [0.717, 1.165) is 26.9 Å². The van der Waals surface area contributed by atoms with Crippen molar-refractivity contribution in [3.8, 4) is 0 Å². The molecule has 0 fully saturated rings. The normalized spacial score (nSPS) is 15.8. The quantitative estimate of drug-likeness (QED) is 0.505. The highest BCUT2D eigenvalue weighted by molar-refractivity contribution is 9.10. The minimum Gasteiger partial charge on any atom is -0.408 e. The zero-order valence-corrected chi connectivity index (χ0v) is 16.8. The van der Waals surface area contributed by atoms with Gasteiger partial charge in [-0.1, -0.05) is 24.3 Å². The number of aromatic nitrogens is 2. The average molecular weight is 450 g/mol. The molecule has 1 amide bonds. The highest BCUT2D eigenvalue weighted by Crippen LogP contribution is 2.37. The van der Waals surface area contributed by atoms with E-state index in [4.69, 9.17) is 4.42 Å². The third-order valence-corrected chi connectivity index (χ3v) is 5.97. The van der Waals surface area contributed by atoms with E-state index < -0.39 is 5.76 Å². The van der Waals surface area contributed by atoms with Crippen LogP contribution in [0.25, 0.3) is 11.1 Å². The molecule has 4 aromatic rings. The monoisotopic (exact) mass is 449 g/mol. The van der Waals surface area contributed by atoms with E-state index >= 15 is 0 Å². The van der Waals surface area contributed by atoms with E-state index in [1.54, 1.807) is 18.3 Å². The fourth-order valence-electron chi connectivity index (χ4n) is 3.89. The minimum absolute atomic E-state index is 0.00623. The van der Waals surface area contributed by atoms with Crippen LogP contribution in [0.2, 0.25) is 0 Å². The summed E-state index contributed by atoms with van der Waals surface area (Å²) in [5.41, 5.74) is 4.65. The van der Waals surface area contributed by atoms with Crippen LogP contribution < -0.4 is 5.76 Å². The largest absolute Gasteiger partial charge is 0.417 e. The minimum atomic E-state index is -0.486. The summed E-state index contributed by atoms with van der Waals surface area (Å²) < 4.78 is 6.09. The van der Waals surface area contributed by atoms with Gasteiger partial charge in [-0.05, 0) is 57.4 Å². The number of rotatable bonds is 4. The van der Waals surface area contributed by atoms with Gasteiger partial charge in [0.15, 0.2) is 5.58 Å². The first-order valence-electron chi connectivity index (χ1n) is 9.21. The number of pyridine rings is 1. The van der Waals surface area contributed by atoms with Gasteiger partial charge in [0.2, 0.25) is 0 Å². The Morgan fingerprint density at radius 1 is 1.10 bits per heavy atom. The Morgan fingerprint density at radius 3 is 2.83 bits per heavy atom. The molecule has 6 nitrogen and oxygen atoms in total. The van der Waals surface area contributed by atoms with Gasteiger partial charge >= 0.3 is 5.76 Å². The maximum atomic E-state index is 13.2. The number of nitrogens with zero attached hydrogens (tertiary/aromatic N) is 2. The number of halogens is 1. The standard InChI is InChI=1S/C22H16BrN3O3/c23-16-6-3-9-24-18(16)11-19-14-4-1-2-5-15(14)21(27)26(19)12-13-7-8-17-20(10-13)29-22(28)25-17/h1-10,19H,11-12H2,(H,25,28). The summed E-state index contributed by atoms with van der Waals surface area (Å²) in [5, 5.41) is 0. The number of hydrogen-bond donors (Lipinski definition) is 1. The smallest absolute Gasteiger partial charge is 0.408 e. The number of nitrogens with one attached hydrogen (secondary N) is 1. The fraction of sp³-hybridized carbons (Fsp3) is 0.136. The van der Waals surface area contributed by atoms with E-state index in [1.807, 2.05) is 47.4 Å². The van der Waals surface area contributed by atoms with Crippen molar-refractivity contribution in [2.24, 2.45) is 0 Å². The molecule has 2 aromatic heterocycles. The molecule has 0 saturated carbocycles. The summed E-state index contributed by atoms with van der Waals surface area (Å²) >= 11 is 3.56. The molecular weight excluding hydrogens is 434 g/mol. The Hall–Kier alpha value is -3.19. The van der Waals surface area contributed by atoms with Gasteiger partial charge in [0.25, 0.3) is 5.91 Å². The average Bonchev–Trinajstić information content (AvgIpc) is 3.21. The zero-order chi connectivity index (χ0) is 20.0. The van der Waals surface area contributed by atoms with Crippen molar-refractivity contribution >= 4 is 32.9 Å². The number of aromatic amines is 1. The molecule has 29 heavy (non-hydrogen) atoms. The summed E-state index contributed by atoms with van der Waals surface area (Å²) in [6.45, 7) is 0.410. The molecule has 0 saturated heterocycles. The summed E-state index contributed by atoms with van der Waals surface area (Å²) in [6.07, 6.45) is 2.36. The second kappa shape index (κ2) is 7.00. The Morgan fingerprint density at radius 2 is 1.97 bits per heavy atom. The van der Waals surface area contributed by atoms with E-state index in [-0.39, 0.29) is 11.9 Å². The van der Waals surface area contributed by atoms with Crippen LogP contribution in [0.1, 0.15) is 33.2 Å². The predicted molar refractivity (Wildman–Crippen MR) is 112 cm³/mol. The number of amides is 1. The lowest BCUT2D eigenvalue weighted by molar-refractivity contribution is 0.0708. The molecule has 1 aliphatic heterocycles. The van der Waals surface area contributed by atoms with Gasteiger partial charge < -0.3 is 9.32 Å². The number of benzene rings is 2. The maximum Gasteiger partial charge on any atom is 0.417 e. The Kier molecular flexibility index (Phi) is 4.32. The van der Waals surface area contributed by atoms with Crippen LogP contribution in [0.4, 0.5) is 0 Å². The molecule has 3 heterocycles. The lowest BCUT2D eigenvalue weighted by Gasteiger charge is -2.25.